The van der Waals surface area contributed by atoms with Crippen molar-refractivity contribution in [2.24, 2.45) is 0 Å². The lowest BCUT2D eigenvalue weighted by Gasteiger charge is -2.04. The summed E-state index contributed by atoms with van der Waals surface area (Å²) in [5, 5.41) is 18.3. The molecule has 0 aromatic carbocycles. The van der Waals surface area contributed by atoms with Gasteiger partial charge in [0.1, 0.15) is 6.10 Å². The van der Waals surface area contributed by atoms with Crippen LogP contribution in [-0.4, -0.2) is 15.3 Å². The average Bonchev–Trinajstić information content (AvgIpc) is 2.72. The highest BCUT2D eigenvalue weighted by molar-refractivity contribution is 7.10. The highest BCUT2D eigenvalue weighted by Gasteiger charge is 2.11. The fourth-order valence-electron chi connectivity index (χ4n) is 1.21. The number of rotatable bonds is 2. The van der Waals surface area contributed by atoms with Crippen LogP contribution >= 0.6 is 11.3 Å². The maximum absolute atomic E-state index is 9.84. The SMILES string of the molecule is Cc1cc(C(O)c2cn[nH]c2)cs1. The lowest BCUT2D eigenvalue weighted by atomic mass is 10.1. The molecule has 0 saturated heterocycles. The Bertz CT molecular complexity index is 380. The van der Waals surface area contributed by atoms with E-state index in [0.29, 0.717) is 0 Å². The van der Waals surface area contributed by atoms with Crippen molar-refractivity contribution in [1.29, 1.82) is 0 Å². The van der Waals surface area contributed by atoms with Gasteiger partial charge in [0.2, 0.25) is 0 Å². The number of aliphatic hydroxyl groups is 1. The van der Waals surface area contributed by atoms with E-state index in [-0.39, 0.29) is 0 Å². The Kier molecular flexibility index (Phi) is 2.16. The van der Waals surface area contributed by atoms with Crippen molar-refractivity contribution in [2.75, 3.05) is 0 Å². The predicted molar refractivity (Wildman–Crippen MR) is 51.7 cm³/mol. The number of hydrogen-bond acceptors (Lipinski definition) is 3. The Morgan fingerprint density at radius 3 is 2.92 bits per heavy atom. The van der Waals surface area contributed by atoms with Crippen molar-refractivity contribution in [3.63, 3.8) is 0 Å². The Morgan fingerprint density at radius 1 is 1.54 bits per heavy atom. The van der Waals surface area contributed by atoms with Gasteiger partial charge in [0.15, 0.2) is 0 Å². The van der Waals surface area contributed by atoms with Gasteiger partial charge in [-0.2, -0.15) is 5.10 Å². The number of nitrogens with one attached hydrogen (secondary N) is 1. The van der Waals surface area contributed by atoms with Crippen LogP contribution < -0.4 is 0 Å². The van der Waals surface area contributed by atoms with Crippen LogP contribution in [0.3, 0.4) is 0 Å². The maximum Gasteiger partial charge on any atom is 0.108 e. The first-order valence-corrected chi connectivity index (χ1v) is 4.87. The molecule has 0 aliphatic heterocycles. The largest absolute Gasteiger partial charge is 0.384 e. The summed E-state index contributed by atoms with van der Waals surface area (Å²) in [6, 6.07) is 1.99. The first-order valence-electron chi connectivity index (χ1n) is 3.99. The molecule has 0 radical (unpaired) electrons. The summed E-state index contributed by atoms with van der Waals surface area (Å²) < 4.78 is 0. The molecule has 0 saturated carbocycles. The minimum absolute atomic E-state index is 0.552. The van der Waals surface area contributed by atoms with Gasteiger partial charge in [0, 0.05) is 16.6 Å². The summed E-state index contributed by atoms with van der Waals surface area (Å²) in [5.41, 5.74) is 1.74. The van der Waals surface area contributed by atoms with Gasteiger partial charge in [-0.25, -0.2) is 0 Å². The maximum atomic E-state index is 9.84. The van der Waals surface area contributed by atoms with Crippen LogP contribution in [-0.2, 0) is 0 Å². The Hall–Kier alpha value is -1.13. The number of aromatic amines is 1. The number of nitrogens with zero attached hydrogens (tertiary/aromatic N) is 1. The molecule has 2 aromatic rings. The second-order valence-corrected chi connectivity index (χ2v) is 4.04. The number of aliphatic hydroxyl groups excluding tert-OH is 1. The third-order valence-electron chi connectivity index (χ3n) is 1.90. The van der Waals surface area contributed by atoms with Gasteiger partial charge in [-0.3, -0.25) is 5.10 Å². The van der Waals surface area contributed by atoms with E-state index in [4.69, 9.17) is 0 Å². The van der Waals surface area contributed by atoms with E-state index in [2.05, 4.69) is 10.2 Å². The van der Waals surface area contributed by atoms with Crippen molar-refractivity contribution in [3.05, 3.63) is 39.8 Å². The minimum Gasteiger partial charge on any atom is -0.384 e. The molecule has 1 unspecified atom stereocenters. The average molecular weight is 194 g/mol. The number of H-pyrrole nitrogens is 1. The zero-order valence-electron chi connectivity index (χ0n) is 7.19. The lowest BCUT2D eigenvalue weighted by molar-refractivity contribution is 0.221. The topological polar surface area (TPSA) is 48.9 Å². The van der Waals surface area contributed by atoms with Crippen LogP contribution in [0.15, 0.2) is 23.8 Å². The van der Waals surface area contributed by atoms with Gasteiger partial charge in [0.25, 0.3) is 0 Å². The fourth-order valence-corrected chi connectivity index (χ4v) is 1.93. The van der Waals surface area contributed by atoms with Crippen LogP contribution in [0.2, 0.25) is 0 Å². The van der Waals surface area contributed by atoms with Gasteiger partial charge in [0.05, 0.1) is 6.20 Å². The summed E-state index contributed by atoms with van der Waals surface area (Å²) >= 11 is 1.64. The quantitative estimate of drug-likeness (QED) is 0.766. The lowest BCUT2D eigenvalue weighted by Crippen LogP contribution is -1.95. The predicted octanol–water partition coefficient (Wildman–Crippen LogP) is 1.86. The molecule has 4 heteroatoms. The normalized spacial score (nSPS) is 13.1. The van der Waals surface area contributed by atoms with Gasteiger partial charge in [-0.15, -0.1) is 11.3 Å². The first kappa shape index (κ1) is 8.47. The zero-order chi connectivity index (χ0) is 9.26. The fraction of sp³-hybridized carbons (Fsp3) is 0.222. The molecule has 2 heterocycles. The molecule has 0 bridgehead atoms. The molecule has 0 amide bonds. The molecule has 3 nitrogen and oxygen atoms in total. The number of aromatic nitrogens is 2. The molecular weight excluding hydrogens is 184 g/mol. The van der Waals surface area contributed by atoms with E-state index in [9.17, 15) is 5.11 Å². The van der Waals surface area contributed by atoms with Gasteiger partial charge >= 0.3 is 0 Å². The Balaban J connectivity index is 2.28. The molecular formula is C9H10N2OS. The Labute approximate surface area is 80.1 Å². The van der Waals surface area contributed by atoms with Gasteiger partial charge in [-0.1, -0.05) is 0 Å². The summed E-state index contributed by atoms with van der Waals surface area (Å²) in [4.78, 5) is 1.21. The molecule has 1 atom stereocenters. The molecule has 0 aliphatic rings. The summed E-state index contributed by atoms with van der Waals surface area (Å²) in [6.07, 6.45) is 2.79. The second-order valence-electron chi connectivity index (χ2n) is 2.92. The minimum atomic E-state index is -0.552. The van der Waals surface area contributed by atoms with Crippen molar-refractivity contribution in [2.45, 2.75) is 13.0 Å². The number of aryl methyl sites for hydroxylation is 1. The van der Waals surface area contributed by atoms with E-state index in [1.54, 1.807) is 23.7 Å². The summed E-state index contributed by atoms with van der Waals surface area (Å²) in [6.45, 7) is 2.02. The van der Waals surface area contributed by atoms with Crippen LogP contribution in [0.5, 0.6) is 0 Å². The molecule has 2 aromatic heterocycles. The van der Waals surface area contributed by atoms with Crippen LogP contribution in [0.25, 0.3) is 0 Å². The molecule has 0 spiro atoms. The van der Waals surface area contributed by atoms with Crippen molar-refractivity contribution in [1.82, 2.24) is 10.2 Å². The highest BCUT2D eigenvalue weighted by atomic mass is 32.1. The van der Waals surface area contributed by atoms with Crippen molar-refractivity contribution in [3.8, 4) is 0 Å². The summed E-state index contributed by atoms with van der Waals surface area (Å²) in [5.74, 6) is 0. The molecule has 2 N–H and O–H groups in total. The first-order chi connectivity index (χ1) is 6.27. The van der Waals surface area contributed by atoms with E-state index in [1.165, 1.54) is 4.88 Å². The van der Waals surface area contributed by atoms with E-state index >= 15 is 0 Å². The molecule has 2 rings (SSSR count). The van der Waals surface area contributed by atoms with Crippen molar-refractivity contribution >= 4 is 11.3 Å². The molecule has 0 aliphatic carbocycles. The van der Waals surface area contributed by atoms with Gasteiger partial charge < -0.3 is 5.11 Å². The number of thiophene rings is 1. The number of hydrogen-bond donors (Lipinski definition) is 2. The summed E-state index contributed by atoms with van der Waals surface area (Å²) in [7, 11) is 0. The van der Waals surface area contributed by atoms with E-state index < -0.39 is 6.10 Å². The molecule has 0 fully saturated rings. The van der Waals surface area contributed by atoms with Crippen LogP contribution in [0.4, 0.5) is 0 Å². The Morgan fingerprint density at radius 2 is 2.38 bits per heavy atom. The highest BCUT2D eigenvalue weighted by Crippen LogP contribution is 2.24. The standard InChI is InChI=1S/C9H10N2OS/c1-6-2-7(5-13-6)9(12)8-3-10-11-4-8/h2-5,9,12H,1H3,(H,10,11). The molecule has 68 valence electrons. The monoisotopic (exact) mass is 194 g/mol. The smallest absolute Gasteiger partial charge is 0.108 e. The third kappa shape index (κ3) is 1.64. The van der Waals surface area contributed by atoms with Gasteiger partial charge in [-0.05, 0) is 23.9 Å². The van der Waals surface area contributed by atoms with Crippen LogP contribution in [0, 0.1) is 6.92 Å². The molecule has 13 heavy (non-hydrogen) atoms. The van der Waals surface area contributed by atoms with E-state index in [1.807, 2.05) is 18.4 Å². The second kappa shape index (κ2) is 3.32. The van der Waals surface area contributed by atoms with E-state index in [0.717, 1.165) is 11.1 Å². The zero-order valence-corrected chi connectivity index (χ0v) is 8.01. The van der Waals surface area contributed by atoms with Crippen molar-refractivity contribution < 1.29 is 5.11 Å². The van der Waals surface area contributed by atoms with Crippen LogP contribution in [0.1, 0.15) is 22.1 Å². The third-order valence-corrected chi connectivity index (χ3v) is 2.78.